The highest BCUT2D eigenvalue weighted by atomic mass is 16.5. The van der Waals surface area contributed by atoms with Gasteiger partial charge in [-0.2, -0.15) is 0 Å². The molecule has 0 aliphatic rings. The van der Waals surface area contributed by atoms with Crippen LogP contribution in [0.25, 0.3) is 11.3 Å². The Morgan fingerprint density at radius 1 is 1.09 bits per heavy atom. The van der Waals surface area contributed by atoms with E-state index in [2.05, 4.69) is 37.8 Å². The Morgan fingerprint density at radius 3 is 2.59 bits per heavy atom. The Balaban J connectivity index is 1.61. The number of nitrogens with zero attached hydrogens (tertiary/aromatic N) is 3. The molecular weight excluding hydrogens is 432 g/mol. The van der Waals surface area contributed by atoms with Crippen molar-refractivity contribution in [2.24, 2.45) is 5.92 Å². The molecule has 2 atom stereocenters. The molecule has 34 heavy (non-hydrogen) atoms. The summed E-state index contributed by atoms with van der Waals surface area (Å²) < 4.78 is 5.50. The first-order chi connectivity index (χ1) is 16.4. The Labute approximate surface area is 200 Å². The number of rotatable bonds is 11. The number of hydrogen-bond donors (Lipinski definition) is 4. The van der Waals surface area contributed by atoms with Gasteiger partial charge in [0.05, 0.1) is 19.4 Å². The topological polar surface area (TPSA) is 121 Å². The van der Waals surface area contributed by atoms with Gasteiger partial charge in [-0.3, -0.25) is 4.79 Å². The van der Waals surface area contributed by atoms with Crippen molar-refractivity contribution in [1.82, 2.24) is 20.3 Å². The van der Waals surface area contributed by atoms with E-state index in [9.17, 15) is 4.79 Å². The number of aliphatic hydroxyl groups is 1. The third-order valence-electron chi connectivity index (χ3n) is 5.37. The molecule has 3 aromatic rings. The molecule has 1 unspecified atom stereocenters. The van der Waals surface area contributed by atoms with Gasteiger partial charge in [-0.1, -0.05) is 13.0 Å². The molecule has 180 valence electrons. The van der Waals surface area contributed by atoms with Crippen LogP contribution in [0.5, 0.6) is 5.75 Å². The molecule has 0 radical (unpaired) electrons. The smallest absolute Gasteiger partial charge is 0.251 e. The van der Waals surface area contributed by atoms with Crippen molar-refractivity contribution in [3.05, 3.63) is 60.0 Å². The number of nitrogens with one attached hydrogen (secondary N) is 3. The molecule has 2 aromatic heterocycles. The predicted octanol–water partition coefficient (Wildman–Crippen LogP) is 2.99. The first-order valence-corrected chi connectivity index (χ1v) is 11.2. The van der Waals surface area contributed by atoms with Crippen LogP contribution >= 0.6 is 0 Å². The van der Waals surface area contributed by atoms with Crippen molar-refractivity contribution < 1.29 is 14.6 Å². The molecule has 9 heteroatoms. The number of methoxy groups -OCH3 is 1. The molecule has 0 aliphatic carbocycles. The molecule has 0 bridgehead atoms. The van der Waals surface area contributed by atoms with Crippen LogP contribution in [-0.2, 0) is 6.42 Å². The second-order valence-electron chi connectivity index (χ2n) is 8.24. The van der Waals surface area contributed by atoms with Crippen LogP contribution in [-0.4, -0.2) is 59.3 Å². The first kappa shape index (κ1) is 24.9. The van der Waals surface area contributed by atoms with Crippen molar-refractivity contribution in [2.75, 3.05) is 37.9 Å². The van der Waals surface area contributed by atoms with Crippen molar-refractivity contribution >= 4 is 17.5 Å². The Morgan fingerprint density at radius 2 is 1.91 bits per heavy atom. The van der Waals surface area contributed by atoms with Crippen molar-refractivity contribution in [3.8, 4) is 17.0 Å². The highest BCUT2D eigenvalue weighted by Crippen LogP contribution is 2.24. The lowest BCUT2D eigenvalue weighted by Crippen LogP contribution is -2.19. The molecule has 3 rings (SSSR count). The number of anilines is 2. The number of ether oxygens (including phenoxy) is 1. The molecule has 1 aromatic carbocycles. The van der Waals surface area contributed by atoms with Gasteiger partial charge in [-0.05, 0) is 49.1 Å². The van der Waals surface area contributed by atoms with E-state index in [4.69, 9.17) is 9.84 Å². The number of hydrogen-bond acceptors (Lipinski definition) is 8. The summed E-state index contributed by atoms with van der Waals surface area (Å²) in [7, 11) is 3.22. The highest BCUT2D eigenvalue weighted by Gasteiger charge is 2.13. The average Bonchev–Trinajstić information content (AvgIpc) is 2.87. The molecule has 0 saturated heterocycles. The number of pyridine rings is 1. The summed E-state index contributed by atoms with van der Waals surface area (Å²) in [5.74, 6) is 2.29. The van der Waals surface area contributed by atoms with Crippen LogP contribution in [0, 0.1) is 5.92 Å². The minimum Gasteiger partial charge on any atom is -0.496 e. The van der Waals surface area contributed by atoms with Gasteiger partial charge in [0.15, 0.2) is 0 Å². The van der Waals surface area contributed by atoms with Crippen molar-refractivity contribution in [3.63, 3.8) is 0 Å². The minimum absolute atomic E-state index is 0.0386. The molecule has 0 saturated carbocycles. The third kappa shape index (κ3) is 6.64. The molecule has 4 N–H and O–H groups in total. The number of carbonyl (C=O) groups excluding carboxylic acids is 1. The van der Waals surface area contributed by atoms with E-state index in [0.29, 0.717) is 29.6 Å². The zero-order chi connectivity index (χ0) is 24.5. The fourth-order valence-electron chi connectivity index (χ4n) is 3.47. The van der Waals surface area contributed by atoms with Gasteiger partial charge in [-0.15, -0.1) is 0 Å². The molecule has 0 aliphatic heterocycles. The lowest BCUT2D eigenvalue weighted by Gasteiger charge is -2.16. The monoisotopic (exact) mass is 464 g/mol. The van der Waals surface area contributed by atoms with E-state index in [1.54, 1.807) is 26.4 Å². The maximum atomic E-state index is 11.9. The van der Waals surface area contributed by atoms with E-state index < -0.39 is 0 Å². The van der Waals surface area contributed by atoms with E-state index in [-0.39, 0.29) is 18.6 Å². The summed E-state index contributed by atoms with van der Waals surface area (Å²) in [6, 6.07) is 11.1. The van der Waals surface area contributed by atoms with Crippen LogP contribution in [0.3, 0.4) is 0 Å². The van der Waals surface area contributed by atoms with Crippen LogP contribution in [0.15, 0.2) is 48.9 Å². The Hall–Kier alpha value is -3.72. The largest absolute Gasteiger partial charge is 0.496 e. The number of benzene rings is 1. The van der Waals surface area contributed by atoms with E-state index >= 15 is 0 Å². The lowest BCUT2D eigenvalue weighted by atomic mass is 9.98. The Kier molecular flexibility index (Phi) is 8.75. The maximum absolute atomic E-state index is 11.9. The van der Waals surface area contributed by atoms with Gasteiger partial charge < -0.3 is 25.8 Å². The van der Waals surface area contributed by atoms with Crippen LogP contribution in [0.2, 0.25) is 0 Å². The normalized spacial score (nSPS) is 12.5. The summed E-state index contributed by atoms with van der Waals surface area (Å²) in [4.78, 5) is 25.0. The van der Waals surface area contributed by atoms with Gasteiger partial charge in [0.2, 0.25) is 0 Å². The fraction of sp³-hybridized carbons (Fsp3) is 0.360. The van der Waals surface area contributed by atoms with Gasteiger partial charge in [0.25, 0.3) is 5.91 Å². The minimum atomic E-state index is -0.139. The molecule has 0 fully saturated rings. The summed E-state index contributed by atoms with van der Waals surface area (Å²) in [5, 5.41) is 18.3. The summed E-state index contributed by atoms with van der Waals surface area (Å²) >= 11 is 0. The number of aromatic nitrogens is 3. The third-order valence-corrected chi connectivity index (χ3v) is 5.37. The number of amides is 1. The quantitative estimate of drug-likeness (QED) is 0.342. The predicted molar refractivity (Wildman–Crippen MR) is 133 cm³/mol. The van der Waals surface area contributed by atoms with E-state index in [0.717, 1.165) is 29.1 Å². The Bertz CT molecular complexity index is 1090. The van der Waals surface area contributed by atoms with Gasteiger partial charge in [0, 0.05) is 43.0 Å². The zero-order valence-electron chi connectivity index (χ0n) is 20.0. The van der Waals surface area contributed by atoms with Crippen LogP contribution in [0.4, 0.5) is 11.6 Å². The molecular formula is C25H32N6O3. The van der Waals surface area contributed by atoms with Crippen molar-refractivity contribution in [2.45, 2.75) is 26.3 Å². The van der Waals surface area contributed by atoms with Gasteiger partial charge in [0.1, 0.15) is 23.7 Å². The first-order valence-electron chi connectivity index (χ1n) is 11.2. The molecule has 1 amide bonds. The molecule has 9 nitrogen and oxygen atoms in total. The second-order valence-corrected chi connectivity index (χ2v) is 8.24. The highest BCUT2D eigenvalue weighted by molar-refractivity contribution is 5.94. The maximum Gasteiger partial charge on any atom is 0.251 e. The van der Waals surface area contributed by atoms with Crippen LogP contribution in [0.1, 0.15) is 29.8 Å². The van der Waals surface area contributed by atoms with E-state index in [1.165, 1.54) is 6.33 Å². The summed E-state index contributed by atoms with van der Waals surface area (Å²) in [5.41, 5.74) is 3.26. The van der Waals surface area contributed by atoms with Crippen molar-refractivity contribution in [1.29, 1.82) is 0 Å². The summed E-state index contributed by atoms with van der Waals surface area (Å²) in [6.07, 6.45) is 4.06. The van der Waals surface area contributed by atoms with Crippen LogP contribution < -0.4 is 20.7 Å². The number of carbonyl (C=O) groups is 1. The average molecular weight is 465 g/mol. The number of aliphatic hydroxyl groups excluding tert-OH is 1. The summed E-state index contributed by atoms with van der Waals surface area (Å²) in [6.45, 7) is 4.77. The van der Waals surface area contributed by atoms with Gasteiger partial charge in [-0.25, -0.2) is 15.0 Å². The van der Waals surface area contributed by atoms with E-state index in [1.807, 2.05) is 37.3 Å². The second kappa shape index (κ2) is 11.9. The molecule has 2 heterocycles. The standard InChI is InChI=1S/C25H32N6O3/c1-16(9-18-5-6-19(25(33)26-3)10-22(18)34-4)12-27-24-11-21(29-15-30-24)20-7-8-23(28-13-20)31-17(2)14-32/h5-8,10-11,13,15-17,32H,9,12,14H2,1-4H3,(H,26,33)(H,28,31)(H,27,29,30)/t16?,17-/m0/s1. The lowest BCUT2D eigenvalue weighted by molar-refractivity contribution is 0.0962. The fourth-order valence-corrected chi connectivity index (χ4v) is 3.47. The van der Waals surface area contributed by atoms with Gasteiger partial charge >= 0.3 is 0 Å². The SMILES string of the molecule is CNC(=O)c1ccc(CC(C)CNc2cc(-c3ccc(N[C@@H](C)CO)nc3)ncn2)c(OC)c1. The zero-order valence-corrected chi connectivity index (χ0v) is 20.0. The molecule has 0 spiro atoms.